The summed E-state index contributed by atoms with van der Waals surface area (Å²) in [5.41, 5.74) is -1.01. The third-order valence-corrected chi connectivity index (χ3v) is 12.1. The Balaban J connectivity index is 1.37. The van der Waals surface area contributed by atoms with Crippen molar-refractivity contribution in [2.24, 2.45) is 46.3 Å². The monoisotopic (exact) mass is 609 g/mol. The van der Waals surface area contributed by atoms with Crippen molar-refractivity contribution >= 4 is 33.4 Å². The van der Waals surface area contributed by atoms with Gasteiger partial charge in [-0.2, -0.15) is 17.6 Å². The molecule has 0 bridgehead atoms. The summed E-state index contributed by atoms with van der Waals surface area (Å²) in [5, 5.41) is -5.84. The molecule has 8 nitrogen and oxygen atoms in total. The van der Waals surface area contributed by atoms with E-state index < -0.39 is 45.7 Å². The molecule has 4 saturated carbocycles. The molecule has 4 aliphatic carbocycles. The standard InChI is InChI=1S/C28H38F4O8S/c1-15(4-7-23(36)40-11-10-27(29,30)28(31,32)41(37,38)39)18-5-6-19-24-20(14-22(35)26(18,19)3)25(2)9-8-17(33)12-16(25)13-21(24)34/h15-16,18-20,24H,4-14H2,1-3H3,(H,37,38,39)/p-1. The van der Waals surface area contributed by atoms with Crippen molar-refractivity contribution in [2.75, 3.05) is 6.61 Å². The fraction of sp³-hybridized carbons (Fsp3) is 0.857. The van der Waals surface area contributed by atoms with E-state index in [0.29, 0.717) is 38.5 Å². The number of ketones is 3. The molecule has 232 valence electrons. The van der Waals surface area contributed by atoms with E-state index in [-0.39, 0.29) is 77.5 Å². The van der Waals surface area contributed by atoms with Crippen LogP contribution in [-0.2, 0) is 34.0 Å². The van der Waals surface area contributed by atoms with Gasteiger partial charge in [-0.05, 0) is 60.7 Å². The lowest BCUT2D eigenvalue weighted by atomic mass is 9.44. The molecule has 0 aromatic heterocycles. The van der Waals surface area contributed by atoms with Crippen molar-refractivity contribution in [3.8, 4) is 0 Å². The Bertz CT molecular complexity index is 1220. The van der Waals surface area contributed by atoms with E-state index in [1.807, 2.05) is 13.8 Å². The van der Waals surface area contributed by atoms with Gasteiger partial charge in [0.05, 0.1) is 13.0 Å². The van der Waals surface area contributed by atoms with Gasteiger partial charge >= 0.3 is 17.1 Å². The van der Waals surface area contributed by atoms with Crippen molar-refractivity contribution in [1.82, 2.24) is 0 Å². The van der Waals surface area contributed by atoms with Crippen molar-refractivity contribution in [3.63, 3.8) is 0 Å². The molecule has 0 aromatic rings. The van der Waals surface area contributed by atoms with Crippen molar-refractivity contribution in [2.45, 2.75) is 96.2 Å². The number of ether oxygens (including phenoxy) is 1. The predicted molar refractivity (Wildman–Crippen MR) is 135 cm³/mol. The summed E-state index contributed by atoms with van der Waals surface area (Å²) in [6.07, 6.45) is 1.64. The van der Waals surface area contributed by atoms with Crippen LogP contribution in [0.15, 0.2) is 0 Å². The van der Waals surface area contributed by atoms with Crippen molar-refractivity contribution in [3.05, 3.63) is 0 Å². The molecule has 0 amide bonds. The Morgan fingerprint density at radius 3 is 2.37 bits per heavy atom. The summed E-state index contributed by atoms with van der Waals surface area (Å²) >= 11 is 0. The number of carbonyl (C=O) groups excluding carboxylic acids is 4. The zero-order valence-electron chi connectivity index (χ0n) is 23.4. The first-order valence-electron chi connectivity index (χ1n) is 14.2. The summed E-state index contributed by atoms with van der Waals surface area (Å²) < 4.78 is 89.8. The fourth-order valence-corrected chi connectivity index (χ4v) is 9.10. The summed E-state index contributed by atoms with van der Waals surface area (Å²) in [5.74, 6) is -6.63. The number of Topliss-reactive ketones (excluding diaryl/α,β-unsaturated/α-hetero) is 3. The lowest BCUT2D eigenvalue weighted by molar-refractivity contribution is -0.175. The van der Waals surface area contributed by atoms with Crippen LogP contribution in [0.5, 0.6) is 0 Å². The Morgan fingerprint density at radius 1 is 1.07 bits per heavy atom. The number of esters is 1. The minimum atomic E-state index is -6.62. The molecule has 8 unspecified atom stereocenters. The second-order valence-corrected chi connectivity index (χ2v) is 14.5. The topological polar surface area (TPSA) is 135 Å². The molecule has 41 heavy (non-hydrogen) atoms. The third kappa shape index (κ3) is 5.27. The van der Waals surface area contributed by atoms with Crippen LogP contribution in [0.1, 0.15) is 85.0 Å². The van der Waals surface area contributed by atoms with E-state index in [4.69, 9.17) is 0 Å². The highest BCUT2D eigenvalue weighted by Gasteiger charge is 2.66. The van der Waals surface area contributed by atoms with E-state index in [1.165, 1.54) is 0 Å². The lowest BCUT2D eigenvalue weighted by Crippen LogP contribution is -2.60. The number of carbonyl (C=O) groups is 4. The molecule has 0 radical (unpaired) electrons. The highest BCUT2D eigenvalue weighted by molar-refractivity contribution is 7.86. The van der Waals surface area contributed by atoms with Crippen molar-refractivity contribution in [1.29, 1.82) is 0 Å². The lowest BCUT2D eigenvalue weighted by Gasteiger charge is -2.58. The molecule has 4 fully saturated rings. The van der Waals surface area contributed by atoms with Gasteiger partial charge in [-0.3, -0.25) is 19.2 Å². The minimum Gasteiger partial charge on any atom is -0.743 e. The number of alkyl halides is 4. The molecule has 0 N–H and O–H groups in total. The van der Waals surface area contributed by atoms with Crippen LogP contribution >= 0.6 is 0 Å². The van der Waals surface area contributed by atoms with Crippen LogP contribution < -0.4 is 0 Å². The van der Waals surface area contributed by atoms with E-state index in [2.05, 4.69) is 11.7 Å². The molecule has 8 atom stereocenters. The molecule has 0 aromatic carbocycles. The number of fused-ring (bicyclic) bond motifs is 5. The summed E-state index contributed by atoms with van der Waals surface area (Å²) in [6, 6.07) is 0. The first-order chi connectivity index (χ1) is 18.8. The largest absolute Gasteiger partial charge is 0.743 e. The fourth-order valence-electron chi connectivity index (χ4n) is 8.63. The first kappa shape index (κ1) is 32.0. The minimum absolute atomic E-state index is 0.0346. The molecule has 4 rings (SSSR count). The number of rotatable bonds is 9. The van der Waals surface area contributed by atoms with E-state index >= 15 is 0 Å². The van der Waals surface area contributed by atoms with Crippen LogP contribution in [0.4, 0.5) is 17.6 Å². The van der Waals surface area contributed by atoms with Crippen LogP contribution in [0.2, 0.25) is 0 Å². The van der Waals surface area contributed by atoms with Gasteiger partial charge in [0.15, 0.2) is 10.1 Å². The first-order valence-corrected chi connectivity index (χ1v) is 15.6. The van der Waals surface area contributed by atoms with Crippen LogP contribution in [0.25, 0.3) is 0 Å². The number of hydrogen-bond donors (Lipinski definition) is 0. The van der Waals surface area contributed by atoms with Crippen LogP contribution in [-0.4, -0.2) is 54.1 Å². The molecule has 13 heteroatoms. The summed E-state index contributed by atoms with van der Waals surface area (Å²) in [4.78, 5) is 51.6. The van der Waals surface area contributed by atoms with E-state index in [0.717, 1.165) is 0 Å². The highest BCUT2D eigenvalue weighted by atomic mass is 32.2. The summed E-state index contributed by atoms with van der Waals surface area (Å²) in [6.45, 7) is 4.69. The van der Waals surface area contributed by atoms with Gasteiger partial charge in [-0.25, -0.2) is 8.42 Å². The second-order valence-electron chi connectivity index (χ2n) is 13.1. The molecular formula is C28H37F4O8S-. The average molecular weight is 610 g/mol. The Morgan fingerprint density at radius 2 is 1.73 bits per heavy atom. The molecule has 0 spiro atoms. The quantitative estimate of drug-likeness (QED) is 0.209. The maximum atomic E-state index is 13.8. The maximum Gasteiger partial charge on any atom is 0.396 e. The predicted octanol–water partition coefficient (Wildman–Crippen LogP) is 4.70. The Kier molecular flexibility index (Phi) is 8.34. The Labute approximate surface area is 237 Å². The van der Waals surface area contributed by atoms with Gasteiger partial charge in [0.2, 0.25) is 0 Å². The molecule has 0 heterocycles. The van der Waals surface area contributed by atoms with Gasteiger partial charge in [-0.1, -0.05) is 20.8 Å². The normalized spacial score (nSPS) is 36.8. The van der Waals surface area contributed by atoms with Gasteiger partial charge in [0.25, 0.3) is 0 Å². The number of hydrogen-bond acceptors (Lipinski definition) is 8. The Hall–Kier alpha value is -1.89. The van der Waals surface area contributed by atoms with Gasteiger partial charge < -0.3 is 9.29 Å². The smallest absolute Gasteiger partial charge is 0.396 e. The van der Waals surface area contributed by atoms with E-state index in [1.54, 1.807) is 0 Å². The van der Waals surface area contributed by atoms with E-state index in [9.17, 15) is 49.7 Å². The maximum absolute atomic E-state index is 13.8. The molecular weight excluding hydrogens is 572 g/mol. The zero-order valence-corrected chi connectivity index (χ0v) is 24.2. The molecule has 0 saturated heterocycles. The second kappa shape index (κ2) is 10.7. The summed E-state index contributed by atoms with van der Waals surface area (Å²) in [7, 11) is -6.62. The molecule has 4 aliphatic rings. The van der Waals surface area contributed by atoms with Crippen LogP contribution in [0.3, 0.4) is 0 Å². The molecule has 0 aliphatic heterocycles. The van der Waals surface area contributed by atoms with Gasteiger partial charge in [0, 0.05) is 43.4 Å². The highest BCUT2D eigenvalue weighted by Crippen LogP contribution is 2.66. The van der Waals surface area contributed by atoms with Crippen LogP contribution in [0, 0.1) is 46.3 Å². The zero-order chi connectivity index (χ0) is 30.8. The van der Waals surface area contributed by atoms with Gasteiger partial charge in [-0.15, -0.1) is 0 Å². The third-order valence-electron chi connectivity index (χ3n) is 11.1. The average Bonchev–Trinajstić information content (AvgIpc) is 3.22. The SMILES string of the molecule is CC(CCC(=O)OCCC(F)(F)C(F)(F)S(=O)(=O)[O-])C1CCC2C3C(=O)CC4CC(=O)CCC4(C)C3CC(=O)C12C. The van der Waals surface area contributed by atoms with Gasteiger partial charge in [0.1, 0.15) is 17.3 Å². The van der Waals surface area contributed by atoms with Crippen molar-refractivity contribution < 1.29 is 54.4 Å². The number of halogens is 4.